The minimum atomic E-state index is -2.89. The lowest BCUT2D eigenvalue weighted by Gasteiger charge is -2.04. The number of thioether (sulfide) groups is 1. The fraction of sp³-hybridized carbons (Fsp3) is 0.125. The van der Waals surface area contributed by atoms with Crippen LogP contribution in [0.15, 0.2) is 52.1 Å². The van der Waals surface area contributed by atoms with Crippen LogP contribution in [0.1, 0.15) is 5.56 Å². The van der Waals surface area contributed by atoms with Gasteiger partial charge >= 0.3 is 6.61 Å². The van der Waals surface area contributed by atoms with Crippen molar-refractivity contribution in [2.24, 2.45) is 0 Å². The second-order valence-electron chi connectivity index (χ2n) is 4.76. The Balaban J connectivity index is 1.68. The third-order valence-electron chi connectivity index (χ3n) is 3.13. The van der Waals surface area contributed by atoms with Gasteiger partial charge < -0.3 is 9.15 Å². The molecule has 25 heavy (non-hydrogen) atoms. The molecule has 0 amide bonds. The van der Waals surface area contributed by atoms with Crippen LogP contribution < -0.4 is 4.74 Å². The highest BCUT2D eigenvalue weighted by atomic mass is 35.5. The number of nitrogens with zero attached hydrogens (tertiary/aromatic N) is 2. The fourth-order valence-corrected chi connectivity index (χ4v) is 3.07. The molecular weight excluding hydrogens is 377 g/mol. The number of halogens is 4. The summed E-state index contributed by atoms with van der Waals surface area (Å²) in [7, 11) is 0. The molecule has 0 spiro atoms. The lowest BCUT2D eigenvalue weighted by atomic mass is 10.2. The van der Waals surface area contributed by atoms with Crippen molar-refractivity contribution >= 4 is 23.4 Å². The van der Waals surface area contributed by atoms with Gasteiger partial charge in [-0.1, -0.05) is 29.4 Å². The summed E-state index contributed by atoms with van der Waals surface area (Å²) < 4.78 is 47.7. The Kier molecular flexibility index (Phi) is 5.50. The Morgan fingerprint density at radius 1 is 1.12 bits per heavy atom. The monoisotopic (exact) mass is 386 g/mol. The van der Waals surface area contributed by atoms with E-state index in [1.54, 1.807) is 6.07 Å². The Bertz CT molecular complexity index is 839. The van der Waals surface area contributed by atoms with E-state index in [4.69, 9.17) is 16.0 Å². The molecule has 0 saturated heterocycles. The molecule has 3 rings (SSSR count). The van der Waals surface area contributed by atoms with Crippen LogP contribution in [0.2, 0.25) is 5.02 Å². The second-order valence-corrected chi connectivity index (χ2v) is 6.10. The van der Waals surface area contributed by atoms with E-state index in [1.165, 1.54) is 36.4 Å². The standard InChI is InChI=1S/C16H10ClF3N2O2S/c17-12-2-1-3-13(18)11(12)8-25-16-22-21-14(24-16)9-4-6-10(7-5-9)23-15(19)20/h1-7,15H,8H2. The van der Waals surface area contributed by atoms with Gasteiger partial charge in [0, 0.05) is 21.9 Å². The Hall–Kier alpha value is -2.19. The van der Waals surface area contributed by atoms with Crippen LogP contribution in [0.3, 0.4) is 0 Å². The second kappa shape index (κ2) is 7.79. The lowest BCUT2D eigenvalue weighted by Crippen LogP contribution is -2.01. The first-order valence-electron chi connectivity index (χ1n) is 6.97. The summed E-state index contributed by atoms with van der Waals surface area (Å²) in [6.07, 6.45) is 0. The van der Waals surface area contributed by atoms with E-state index < -0.39 is 12.4 Å². The van der Waals surface area contributed by atoms with Gasteiger partial charge in [-0.2, -0.15) is 8.78 Å². The predicted octanol–water partition coefficient (Wildman–Crippen LogP) is 5.42. The highest BCUT2D eigenvalue weighted by Gasteiger charge is 2.13. The number of ether oxygens (including phenoxy) is 1. The molecule has 0 aliphatic heterocycles. The van der Waals surface area contributed by atoms with E-state index in [1.807, 2.05) is 0 Å². The lowest BCUT2D eigenvalue weighted by molar-refractivity contribution is -0.0498. The van der Waals surface area contributed by atoms with Gasteiger partial charge in [0.25, 0.3) is 5.22 Å². The van der Waals surface area contributed by atoms with E-state index in [9.17, 15) is 13.2 Å². The number of alkyl halides is 2. The predicted molar refractivity (Wildman–Crippen MR) is 87.3 cm³/mol. The van der Waals surface area contributed by atoms with E-state index in [-0.39, 0.29) is 22.6 Å². The molecule has 0 saturated carbocycles. The van der Waals surface area contributed by atoms with Gasteiger partial charge in [-0.15, -0.1) is 10.2 Å². The zero-order valence-electron chi connectivity index (χ0n) is 12.5. The molecular formula is C16H10ClF3N2O2S. The van der Waals surface area contributed by atoms with Gasteiger partial charge in [0.05, 0.1) is 0 Å². The van der Waals surface area contributed by atoms with Crippen molar-refractivity contribution in [2.75, 3.05) is 0 Å². The highest BCUT2D eigenvalue weighted by Crippen LogP contribution is 2.30. The first kappa shape index (κ1) is 17.6. The average molecular weight is 387 g/mol. The first-order chi connectivity index (χ1) is 12.0. The largest absolute Gasteiger partial charge is 0.435 e. The van der Waals surface area contributed by atoms with Crippen LogP contribution >= 0.6 is 23.4 Å². The van der Waals surface area contributed by atoms with Crippen molar-refractivity contribution in [1.29, 1.82) is 0 Å². The van der Waals surface area contributed by atoms with Crippen molar-refractivity contribution in [1.82, 2.24) is 10.2 Å². The molecule has 2 aromatic carbocycles. The van der Waals surface area contributed by atoms with E-state index in [2.05, 4.69) is 14.9 Å². The number of rotatable bonds is 6. The van der Waals surface area contributed by atoms with Crippen LogP contribution in [0.4, 0.5) is 13.2 Å². The summed E-state index contributed by atoms with van der Waals surface area (Å²) in [5, 5.41) is 8.31. The molecule has 3 aromatic rings. The fourth-order valence-electron chi connectivity index (χ4n) is 1.97. The highest BCUT2D eigenvalue weighted by molar-refractivity contribution is 7.98. The Labute approximate surface area is 150 Å². The minimum Gasteiger partial charge on any atom is -0.435 e. The number of hydrogen-bond donors (Lipinski definition) is 0. The van der Waals surface area contributed by atoms with Crippen LogP contribution in [-0.4, -0.2) is 16.8 Å². The van der Waals surface area contributed by atoms with Gasteiger partial charge in [-0.05, 0) is 36.4 Å². The van der Waals surface area contributed by atoms with E-state index in [0.717, 1.165) is 11.8 Å². The molecule has 0 atom stereocenters. The van der Waals surface area contributed by atoms with Crippen molar-refractivity contribution in [3.8, 4) is 17.2 Å². The molecule has 9 heteroatoms. The third-order valence-corrected chi connectivity index (χ3v) is 4.33. The minimum absolute atomic E-state index is 0.0297. The molecule has 0 N–H and O–H groups in total. The van der Waals surface area contributed by atoms with Crippen LogP contribution in [-0.2, 0) is 5.75 Å². The summed E-state index contributed by atoms with van der Waals surface area (Å²) in [4.78, 5) is 0. The van der Waals surface area contributed by atoms with E-state index >= 15 is 0 Å². The van der Waals surface area contributed by atoms with Gasteiger partial charge in [-0.25, -0.2) is 4.39 Å². The Morgan fingerprint density at radius 3 is 2.56 bits per heavy atom. The smallest absolute Gasteiger partial charge is 0.387 e. The van der Waals surface area contributed by atoms with Crippen molar-refractivity contribution in [3.63, 3.8) is 0 Å². The number of benzene rings is 2. The van der Waals surface area contributed by atoms with Crippen LogP contribution in [0, 0.1) is 5.82 Å². The molecule has 0 fully saturated rings. The van der Waals surface area contributed by atoms with Crippen molar-refractivity contribution < 1.29 is 22.3 Å². The summed E-state index contributed by atoms with van der Waals surface area (Å²) in [6, 6.07) is 10.2. The molecule has 0 bridgehead atoms. The molecule has 1 heterocycles. The normalized spacial score (nSPS) is 11.1. The maximum Gasteiger partial charge on any atom is 0.387 e. The average Bonchev–Trinajstić information content (AvgIpc) is 3.03. The van der Waals surface area contributed by atoms with Crippen molar-refractivity contribution in [2.45, 2.75) is 17.6 Å². The van der Waals surface area contributed by atoms with Crippen LogP contribution in [0.25, 0.3) is 11.5 Å². The topological polar surface area (TPSA) is 48.2 Å². The zero-order valence-corrected chi connectivity index (χ0v) is 14.0. The third kappa shape index (κ3) is 4.46. The van der Waals surface area contributed by atoms with Crippen LogP contribution in [0.5, 0.6) is 5.75 Å². The maximum absolute atomic E-state index is 13.7. The summed E-state index contributed by atoms with van der Waals surface area (Å²) >= 11 is 7.10. The van der Waals surface area contributed by atoms with Crippen molar-refractivity contribution in [3.05, 3.63) is 58.9 Å². The molecule has 1 aromatic heterocycles. The zero-order chi connectivity index (χ0) is 17.8. The molecule has 4 nitrogen and oxygen atoms in total. The summed E-state index contributed by atoms with van der Waals surface area (Å²) in [5.74, 6) is 0.0658. The van der Waals surface area contributed by atoms with E-state index in [0.29, 0.717) is 16.1 Å². The summed E-state index contributed by atoms with van der Waals surface area (Å²) in [6.45, 7) is -2.89. The van der Waals surface area contributed by atoms with Gasteiger partial charge in [-0.3, -0.25) is 0 Å². The quantitative estimate of drug-likeness (QED) is 0.529. The Morgan fingerprint density at radius 2 is 1.88 bits per heavy atom. The SMILES string of the molecule is Fc1cccc(Cl)c1CSc1nnc(-c2ccc(OC(F)F)cc2)o1. The molecule has 0 aliphatic rings. The first-order valence-corrected chi connectivity index (χ1v) is 8.33. The molecule has 0 aliphatic carbocycles. The van der Waals surface area contributed by atoms with Gasteiger partial charge in [0.15, 0.2) is 0 Å². The summed E-state index contributed by atoms with van der Waals surface area (Å²) in [5.41, 5.74) is 0.896. The maximum atomic E-state index is 13.7. The molecule has 0 radical (unpaired) electrons. The van der Waals surface area contributed by atoms with Gasteiger partial charge in [0.1, 0.15) is 11.6 Å². The number of aromatic nitrogens is 2. The van der Waals surface area contributed by atoms with Gasteiger partial charge in [0.2, 0.25) is 5.89 Å². The molecule has 0 unspecified atom stereocenters. The molecule has 130 valence electrons. The number of hydrogen-bond acceptors (Lipinski definition) is 5.